The SMILES string of the molecule is NCC1CCN(C(=O)c2cc3cccc(Br)c3o2)C1. The first-order valence-corrected chi connectivity index (χ1v) is 7.15. The van der Waals surface area contributed by atoms with Gasteiger partial charge in [0, 0.05) is 18.5 Å². The summed E-state index contributed by atoms with van der Waals surface area (Å²) in [4.78, 5) is 14.2. The summed E-state index contributed by atoms with van der Waals surface area (Å²) < 4.78 is 6.54. The third-order valence-electron chi connectivity index (χ3n) is 3.61. The standard InChI is InChI=1S/C14H15BrN2O2/c15-11-3-1-2-10-6-12(19-13(10)11)14(18)17-5-4-9(7-16)8-17/h1-3,6,9H,4-5,7-8,16H2. The maximum Gasteiger partial charge on any atom is 0.289 e. The van der Waals surface area contributed by atoms with Crippen molar-refractivity contribution in [3.05, 3.63) is 34.5 Å². The maximum atomic E-state index is 12.4. The van der Waals surface area contributed by atoms with Crippen molar-refractivity contribution >= 4 is 32.8 Å². The molecule has 2 N–H and O–H groups in total. The van der Waals surface area contributed by atoms with Crippen molar-refractivity contribution in [2.75, 3.05) is 19.6 Å². The number of para-hydroxylation sites is 1. The molecular formula is C14H15BrN2O2. The number of fused-ring (bicyclic) bond motifs is 1. The Morgan fingerprint density at radius 1 is 1.53 bits per heavy atom. The Balaban J connectivity index is 1.88. The average Bonchev–Trinajstić information content (AvgIpc) is 3.05. The lowest BCUT2D eigenvalue weighted by atomic mass is 10.1. The quantitative estimate of drug-likeness (QED) is 0.924. The van der Waals surface area contributed by atoms with Gasteiger partial charge in [-0.05, 0) is 46.9 Å². The van der Waals surface area contributed by atoms with Crippen molar-refractivity contribution in [3.63, 3.8) is 0 Å². The molecule has 5 heteroatoms. The molecule has 0 saturated carbocycles. The molecule has 1 fully saturated rings. The van der Waals surface area contributed by atoms with Crippen LogP contribution in [0.15, 0.2) is 33.2 Å². The summed E-state index contributed by atoms with van der Waals surface area (Å²) >= 11 is 3.43. The van der Waals surface area contributed by atoms with Crippen LogP contribution in [0.5, 0.6) is 0 Å². The normalized spacial score (nSPS) is 19.3. The maximum absolute atomic E-state index is 12.4. The van der Waals surface area contributed by atoms with E-state index in [0.29, 0.717) is 18.2 Å². The number of furan rings is 1. The Morgan fingerprint density at radius 2 is 2.37 bits per heavy atom. The Hall–Kier alpha value is -1.33. The molecule has 19 heavy (non-hydrogen) atoms. The number of carbonyl (C=O) groups is 1. The van der Waals surface area contributed by atoms with Gasteiger partial charge in [-0.15, -0.1) is 0 Å². The zero-order valence-electron chi connectivity index (χ0n) is 10.4. The van der Waals surface area contributed by atoms with Crippen LogP contribution in [0, 0.1) is 5.92 Å². The zero-order valence-corrected chi connectivity index (χ0v) is 12.0. The summed E-state index contributed by atoms with van der Waals surface area (Å²) in [5, 5.41) is 0.937. The predicted octanol–water partition coefficient (Wildman–Crippen LogP) is 2.62. The fourth-order valence-corrected chi connectivity index (χ4v) is 2.96. The molecule has 0 aliphatic carbocycles. The second-order valence-corrected chi connectivity index (χ2v) is 5.76. The number of hydrogen-bond donors (Lipinski definition) is 1. The van der Waals surface area contributed by atoms with Gasteiger partial charge in [-0.1, -0.05) is 12.1 Å². The summed E-state index contributed by atoms with van der Waals surface area (Å²) in [6.45, 7) is 2.13. The number of amides is 1. The second kappa shape index (κ2) is 4.98. The molecule has 4 nitrogen and oxygen atoms in total. The molecular weight excluding hydrogens is 308 g/mol. The summed E-state index contributed by atoms with van der Waals surface area (Å²) in [5.74, 6) is 0.777. The van der Waals surface area contributed by atoms with Gasteiger partial charge in [0.15, 0.2) is 5.76 Å². The molecule has 1 aromatic heterocycles. The fraction of sp³-hybridized carbons (Fsp3) is 0.357. The van der Waals surface area contributed by atoms with Crippen molar-refractivity contribution in [2.45, 2.75) is 6.42 Å². The van der Waals surface area contributed by atoms with Crippen LogP contribution in [0.2, 0.25) is 0 Å². The van der Waals surface area contributed by atoms with E-state index in [1.54, 1.807) is 6.07 Å². The predicted molar refractivity (Wildman–Crippen MR) is 77.0 cm³/mol. The molecule has 3 rings (SSSR count). The Labute approximate surface area is 119 Å². The Morgan fingerprint density at radius 3 is 3.05 bits per heavy atom. The zero-order chi connectivity index (χ0) is 13.4. The largest absolute Gasteiger partial charge is 0.450 e. The molecule has 0 spiro atoms. The van der Waals surface area contributed by atoms with Crippen LogP contribution in [-0.4, -0.2) is 30.4 Å². The first-order chi connectivity index (χ1) is 9.19. The van der Waals surface area contributed by atoms with Crippen molar-refractivity contribution in [3.8, 4) is 0 Å². The van der Waals surface area contributed by atoms with Crippen LogP contribution in [0.25, 0.3) is 11.0 Å². The summed E-state index contributed by atoms with van der Waals surface area (Å²) in [6.07, 6.45) is 0.978. The molecule has 2 heterocycles. The van der Waals surface area contributed by atoms with E-state index in [9.17, 15) is 4.79 Å². The lowest BCUT2D eigenvalue weighted by molar-refractivity contribution is 0.0758. The summed E-state index contributed by atoms with van der Waals surface area (Å²) in [7, 11) is 0. The second-order valence-electron chi connectivity index (χ2n) is 4.91. The van der Waals surface area contributed by atoms with E-state index in [0.717, 1.165) is 35.0 Å². The minimum absolute atomic E-state index is 0.0425. The molecule has 1 aromatic carbocycles. The van der Waals surface area contributed by atoms with Crippen LogP contribution in [0.4, 0.5) is 0 Å². The van der Waals surface area contributed by atoms with Gasteiger partial charge in [-0.3, -0.25) is 4.79 Å². The molecule has 2 aromatic rings. The lowest BCUT2D eigenvalue weighted by Crippen LogP contribution is -2.29. The van der Waals surface area contributed by atoms with Gasteiger partial charge in [0.05, 0.1) is 4.47 Å². The van der Waals surface area contributed by atoms with E-state index in [4.69, 9.17) is 10.2 Å². The number of benzene rings is 1. The number of rotatable bonds is 2. The van der Waals surface area contributed by atoms with E-state index >= 15 is 0 Å². The summed E-state index contributed by atoms with van der Waals surface area (Å²) in [5.41, 5.74) is 6.37. The van der Waals surface area contributed by atoms with Gasteiger partial charge in [-0.2, -0.15) is 0 Å². The average molecular weight is 323 g/mol. The van der Waals surface area contributed by atoms with Crippen molar-refractivity contribution in [2.24, 2.45) is 11.7 Å². The third kappa shape index (κ3) is 2.28. The highest BCUT2D eigenvalue weighted by atomic mass is 79.9. The third-order valence-corrected chi connectivity index (χ3v) is 4.24. The van der Waals surface area contributed by atoms with Crippen molar-refractivity contribution < 1.29 is 9.21 Å². The molecule has 1 aliphatic rings. The fourth-order valence-electron chi connectivity index (χ4n) is 2.50. The van der Waals surface area contributed by atoms with Crippen LogP contribution in [-0.2, 0) is 0 Å². The molecule has 1 saturated heterocycles. The van der Waals surface area contributed by atoms with Crippen LogP contribution >= 0.6 is 15.9 Å². The number of likely N-dealkylation sites (tertiary alicyclic amines) is 1. The van der Waals surface area contributed by atoms with Gasteiger partial charge in [-0.25, -0.2) is 0 Å². The number of nitrogens with zero attached hydrogens (tertiary/aromatic N) is 1. The highest BCUT2D eigenvalue weighted by molar-refractivity contribution is 9.10. The van der Waals surface area contributed by atoms with Crippen LogP contribution in [0.1, 0.15) is 17.0 Å². The van der Waals surface area contributed by atoms with Crippen LogP contribution in [0.3, 0.4) is 0 Å². The van der Waals surface area contributed by atoms with Gasteiger partial charge < -0.3 is 15.1 Å². The van der Waals surface area contributed by atoms with E-state index in [1.807, 2.05) is 23.1 Å². The van der Waals surface area contributed by atoms with E-state index in [1.165, 1.54) is 0 Å². The number of hydrogen-bond acceptors (Lipinski definition) is 3. The Kier molecular flexibility index (Phi) is 3.33. The Bertz CT molecular complexity index is 623. The van der Waals surface area contributed by atoms with Gasteiger partial charge in [0.2, 0.25) is 0 Å². The summed E-state index contributed by atoms with van der Waals surface area (Å²) in [6, 6.07) is 7.57. The van der Waals surface area contributed by atoms with Crippen LogP contribution < -0.4 is 5.73 Å². The molecule has 0 radical (unpaired) electrons. The van der Waals surface area contributed by atoms with E-state index in [2.05, 4.69) is 15.9 Å². The molecule has 100 valence electrons. The molecule has 1 atom stereocenters. The lowest BCUT2D eigenvalue weighted by Gasteiger charge is -2.14. The molecule has 1 unspecified atom stereocenters. The van der Waals surface area contributed by atoms with Crippen molar-refractivity contribution in [1.29, 1.82) is 0 Å². The topological polar surface area (TPSA) is 59.5 Å². The minimum atomic E-state index is -0.0425. The van der Waals surface area contributed by atoms with Gasteiger partial charge >= 0.3 is 0 Å². The number of nitrogens with two attached hydrogens (primary N) is 1. The van der Waals surface area contributed by atoms with Gasteiger partial charge in [0.25, 0.3) is 5.91 Å². The van der Waals surface area contributed by atoms with E-state index in [-0.39, 0.29) is 5.91 Å². The highest BCUT2D eigenvalue weighted by Crippen LogP contribution is 2.28. The molecule has 1 aliphatic heterocycles. The van der Waals surface area contributed by atoms with Gasteiger partial charge in [0.1, 0.15) is 5.58 Å². The molecule has 1 amide bonds. The highest BCUT2D eigenvalue weighted by Gasteiger charge is 2.28. The first kappa shape index (κ1) is 12.7. The number of carbonyl (C=O) groups excluding carboxylic acids is 1. The van der Waals surface area contributed by atoms with E-state index < -0.39 is 0 Å². The first-order valence-electron chi connectivity index (χ1n) is 6.36. The molecule has 0 bridgehead atoms. The monoisotopic (exact) mass is 322 g/mol. The van der Waals surface area contributed by atoms with Crippen molar-refractivity contribution in [1.82, 2.24) is 4.90 Å². The smallest absolute Gasteiger partial charge is 0.289 e. The minimum Gasteiger partial charge on any atom is -0.450 e. The number of halogens is 1.